The van der Waals surface area contributed by atoms with Crippen LogP contribution in [0.4, 0.5) is 5.82 Å². The number of nitrogens with two attached hydrogens (primary N) is 1. The number of nitrogens with zero attached hydrogens (tertiary/aromatic N) is 3. The molecule has 2 heterocycles. The van der Waals surface area contributed by atoms with Gasteiger partial charge in [0.2, 0.25) is 10.0 Å². The van der Waals surface area contributed by atoms with E-state index < -0.39 is 10.0 Å². The molecule has 0 radical (unpaired) electrons. The smallest absolute Gasteiger partial charge is 0.241 e. The first-order chi connectivity index (χ1) is 9.51. The Balaban J connectivity index is 2.15. The van der Waals surface area contributed by atoms with E-state index in [4.69, 9.17) is 5.84 Å². The highest BCUT2D eigenvalue weighted by molar-refractivity contribution is 7.89. The van der Waals surface area contributed by atoms with Gasteiger partial charge in [0, 0.05) is 18.5 Å². The number of aromatic nitrogens is 3. The Labute approximate surface area is 116 Å². The van der Waals surface area contributed by atoms with E-state index >= 15 is 0 Å². The number of rotatable bonds is 5. The molecule has 2 aromatic rings. The van der Waals surface area contributed by atoms with Gasteiger partial charge in [0.25, 0.3) is 0 Å². The first-order valence-corrected chi connectivity index (χ1v) is 7.20. The summed E-state index contributed by atoms with van der Waals surface area (Å²) in [5.74, 6) is 6.05. The number of nitrogens with one attached hydrogen (secondary N) is 2. The molecule has 0 aliphatic heterocycles. The van der Waals surface area contributed by atoms with Gasteiger partial charge in [-0.15, -0.1) is 0 Å². The van der Waals surface area contributed by atoms with Crippen molar-refractivity contribution in [2.45, 2.75) is 18.4 Å². The van der Waals surface area contributed by atoms with Crippen LogP contribution in [0.15, 0.2) is 35.5 Å². The molecule has 9 heteroatoms. The Morgan fingerprint density at radius 2 is 2.00 bits per heavy atom. The number of sulfonamides is 1. The molecule has 0 aliphatic rings. The molecular formula is C11H14N6O2S. The van der Waals surface area contributed by atoms with Gasteiger partial charge in [-0.05, 0) is 19.1 Å². The van der Waals surface area contributed by atoms with Crippen LogP contribution in [-0.2, 0) is 16.6 Å². The largest absolute Gasteiger partial charge is 0.308 e. The lowest BCUT2D eigenvalue weighted by atomic mass is 10.4. The summed E-state index contributed by atoms with van der Waals surface area (Å²) in [6.07, 6.45) is 2.94. The Morgan fingerprint density at radius 3 is 2.70 bits per heavy atom. The van der Waals surface area contributed by atoms with Crippen LogP contribution in [0.5, 0.6) is 0 Å². The van der Waals surface area contributed by atoms with E-state index in [0.717, 1.165) is 0 Å². The number of pyridine rings is 1. The van der Waals surface area contributed by atoms with Crippen LogP contribution in [0.1, 0.15) is 11.5 Å². The molecule has 4 N–H and O–H groups in total. The number of hydrogen-bond acceptors (Lipinski definition) is 7. The van der Waals surface area contributed by atoms with E-state index in [1.807, 2.05) is 0 Å². The van der Waals surface area contributed by atoms with E-state index in [9.17, 15) is 8.42 Å². The topological polar surface area (TPSA) is 123 Å². The zero-order chi connectivity index (χ0) is 14.6. The van der Waals surface area contributed by atoms with Crippen molar-refractivity contribution in [2.75, 3.05) is 5.43 Å². The molecule has 0 aliphatic carbocycles. The van der Waals surface area contributed by atoms with Gasteiger partial charge in [0.15, 0.2) is 0 Å². The van der Waals surface area contributed by atoms with Crippen molar-refractivity contribution in [3.05, 3.63) is 42.1 Å². The summed E-state index contributed by atoms with van der Waals surface area (Å²) >= 11 is 0. The molecule has 0 spiro atoms. The average molecular weight is 294 g/mol. The summed E-state index contributed by atoms with van der Waals surface area (Å²) in [4.78, 5) is 12.0. The lowest BCUT2D eigenvalue weighted by molar-refractivity contribution is 0.580. The predicted molar refractivity (Wildman–Crippen MR) is 72.8 cm³/mol. The van der Waals surface area contributed by atoms with Crippen LogP contribution in [0, 0.1) is 6.92 Å². The number of nitrogen functional groups attached to an aromatic ring is 1. The normalized spacial score (nSPS) is 11.3. The SMILES string of the molecule is Cc1nccc(CNS(=O)(=O)c2ccnc(NN)c2)n1. The Hall–Kier alpha value is -2.10. The minimum atomic E-state index is -3.65. The third-order valence-corrected chi connectivity index (χ3v) is 3.87. The van der Waals surface area contributed by atoms with Crippen LogP contribution in [0.25, 0.3) is 0 Å². The molecule has 0 unspecified atom stereocenters. The summed E-state index contributed by atoms with van der Waals surface area (Å²) in [6, 6.07) is 4.37. The summed E-state index contributed by atoms with van der Waals surface area (Å²) in [6.45, 7) is 1.82. The van der Waals surface area contributed by atoms with E-state index in [1.165, 1.54) is 18.3 Å². The summed E-state index contributed by atoms with van der Waals surface area (Å²) in [7, 11) is -3.65. The van der Waals surface area contributed by atoms with Gasteiger partial charge >= 0.3 is 0 Å². The molecule has 20 heavy (non-hydrogen) atoms. The van der Waals surface area contributed by atoms with Crippen molar-refractivity contribution in [2.24, 2.45) is 5.84 Å². The Morgan fingerprint density at radius 1 is 1.25 bits per heavy atom. The fraction of sp³-hybridized carbons (Fsp3) is 0.182. The first-order valence-electron chi connectivity index (χ1n) is 5.72. The van der Waals surface area contributed by atoms with E-state index in [0.29, 0.717) is 11.5 Å². The van der Waals surface area contributed by atoms with Crippen LogP contribution in [0.2, 0.25) is 0 Å². The quantitative estimate of drug-likeness (QED) is 0.521. The van der Waals surface area contributed by atoms with Crippen molar-refractivity contribution < 1.29 is 8.42 Å². The molecule has 8 nitrogen and oxygen atoms in total. The van der Waals surface area contributed by atoms with Crippen molar-refractivity contribution >= 4 is 15.8 Å². The molecule has 0 aromatic carbocycles. The molecule has 0 fully saturated rings. The average Bonchev–Trinajstić information content (AvgIpc) is 2.45. The third kappa shape index (κ3) is 3.47. The van der Waals surface area contributed by atoms with Crippen LogP contribution in [0.3, 0.4) is 0 Å². The molecule has 0 amide bonds. The highest BCUT2D eigenvalue weighted by Gasteiger charge is 2.14. The van der Waals surface area contributed by atoms with Gasteiger partial charge in [0.1, 0.15) is 11.6 Å². The number of hydrazine groups is 1. The molecule has 2 aromatic heterocycles. The van der Waals surface area contributed by atoms with E-state index in [2.05, 4.69) is 25.1 Å². The summed E-state index contributed by atoms with van der Waals surface area (Å²) in [5, 5.41) is 0. The Kier molecular flexibility index (Phi) is 4.23. The van der Waals surface area contributed by atoms with Gasteiger partial charge < -0.3 is 5.43 Å². The molecule has 0 atom stereocenters. The van der Waals surface area contributed by atoms with Crippen molar-refractivity contribution in [3.8, 4) is 0 Å². The molecule has 2 rings (SSSR count). The predicted octanol–water partition coefficient (Wildman–Crippen LogP) is -0.0559. The zero-order valence-corrected chi connectivity index (χ0v) is 11.6. The monoisotopic (exact) mass is 294 g/mol. The highest BCUT2D eigenvalue weighted by atomic mass is 32.2. The maximum Gasteiger partial charge on any atom is 0.241 e. The first kappa shape index (κ1) is 14.3. The molecule has 0 bridgehead atoms. The maximum atomic E-state index is 12.1. The van der Waals surface area contributed by atoms with Gasteiger partial charge in [-0.2, -0.15) is 0 Å². The lowest BCUT2D eigenvalue weighted by Gasteiger charge is -2.07. The van der Waals surface area contributed by atoms with Crippen molar-refractivity contribution in [3.63, 3.8) is 0 Å². The van der Waals surface area contributed by atoms with Crippen LogP contribution < -0.4 is 16.0 Å². The van der Waals surface area contributed by atoms with Crippen LogP contribution >= 0.6 is 0 Å². The number of aryl methyl sites for hydroxylation is 1. The van der Waals surface area contributed by atoms with Gasteiger partial charge in [-0.1, -0.05) is 0 Å². The van der Waals surface area contributed by atoms with Crippen LogP contribution in [-0.4, -0.2) is 23.4 Å². The van der Waals surface area contributed by atoms with Gasteiger partial charge in [-0.3, -0.25) is 0 Å². The van der Waals surface area contributed by atoms with Gasteiger partial charge in [-0.25, -0.2) is 33.9 Å². The maximum absolute atomic E-state index is 12.1. The van der Waals surface area contributed by atoms with E-state index in [-0.39, 0.29) is 17.3 Å². The second-order valence-corrected chi connectivity index (χ2v) is 5.71. The third-order valence-electron chi connectivity index (χ3n) is 2.47. The lowest BCUT2D eigenvalue weighted by Crippen LogP contribution is -2.24. The van der Waals surface area contributed by atoms with Crippen molar-refractivity contribution in [1.82, 2.24) is 19.7 Å². The van der Waals surface area contributed by atoms with E-state index in [1.54, 1.807) is 19.2 Å². The fourth-order valence-electron chi connectivity index (χ4n) is 1.51. The zero-order valence-electron chi connectivity index (χ0n) is 10.7. The summed E-state index contributed by atoms with van der Waals surface area (Å²) < 4.78 is 26.7. The summed E-state index contributed by atoms with van der Waals surface area (Å²) in [5.41, 5.74) is 2.89. The standard InChI is InChI=1S/C11H14N6O2S/c1-8-13-4-2-9(16-8)7-15-20(18,19)10-3-5-14-11(6-10)17-12/h2-6,15H,7,12H2,1H3,(H,14,17). The molecule has 0 saturated carbocycles. The second kappa shape index (κ2) is 5.90. The minimum absolute atomic E-state index is 0.0752. The molecule has 0 saturated heterocycles. The fourth-order valence-corrected chi connectivity index (χ4v) is 2.52. The highest BCUT2D eigenvalue weighted by Crippen LogP contribution is 2.12. The molecular weight excluding hydrogens is 280 g/mol. The second-order valence-electron chi connectivity index (χ2n) is 3.94. The number of hydrogen-bond donors (Lipinski definition) is 3. The molecule has 106 valence electrons. The number of anilines is 1. The van der Waals surface area contributed by atoms with Crippen molar-refractivity contribution in [1.29, 1.82) is 0 Å². The Bertz CT molecular complexity index is 704. The minimum Gasteiger partial charge on any atom is -0.308 e. The van der Waals surface area contributed by atoms with Gasteiger partial charge in [0.05, 0.1) is 17.1 Å².